The van der Waals surface area contributed by atoms with Crippen LogP contribution in [0.1, 0.15) is 42.5 Å². The number of fused-ring (bicyclic) bond motifs is 1. The molecule has 0 aliphatic rings. The Morgan fingerprint density at radius 1 is 1.00 bits per heavy atom. The van der Waals surface area contributed by atoms with E-state index in [0.29, 0.717) is 18.4 Å². The summed E-state index contributed by atoms with van der Waals surface area (Å²) in [5, 5.41) is 0.730. The Bertz CT molecular complexity index is 1610. The van der Waals surface area contributed by atoms with Crippen molar-refractivity contribution >= 4 is 27.0 Å². The molecular weight excluding hydrogens is 502 g/mol. The van der Waals surface area contributed by atoms with Gasteiger partial charge in [0.15, 0.2) is 0 Å². The van der Waals surface area contributed by atoms with Crippen molar-refractivity contribution in [2.24, 2.45) is 5.92 Å². The fourth-order valence-corrected chi connectivity index (χ4v) is 5.50. The molecule has 4 rings (SSSR count). The predicted molar refractivity (Wildman–Crippen MR) is 147 cm³/mol. The first-order valence-electron chi connectivity index (χ1n) is 12.5. The summed E-state index contributed by atoms with van der Waals surface area (Å²) in [6, 6.07) is 19.8. The number of benzene rings is 3. The fourth-order valence-electron chi connectivity index (χ4n) is 4.21. The molecule has 0 bridgehead atoms. The van der Waals surface area contributed by atoms with Crippen molar-refractivity contribution in [3.63, 3.8) is 0 Å². The van der Waals surface area contributed by atoms with Crippen LogP contribution >= 0.6 is 0 Å². The van der Waals surface area contributed by atoms with E-state index in [2.05, 4.69) is 4.72 Å². The molecule has 0 aliphatic heterocycles. The SMILES string of the molecule is CC[C@H](C)[C@@H](NS(=O)(=O)c1ccc(C)cc1)C(=O)Oc1ccc2c(C)c(Cc3ccccc3)c(=O)oc2c1. The van der Waals surface area contributed by atoms with Crippen LogP contribution in [-0.2, 0) is 21.2 Å². The van der Waals surface area contributed by atoms with E-state index in [9.17, 15) is 18.0 Å². The van der Waals surface area contributed by atoms with E-state index in [0.717, 1.165) is 22.1 Å². The van der Waals surface area contributed by atoms with Gasteiger partial charge in [0.2, 0.25) is 10.0 Å². The second kappa shape index (κ2) is 11.3. The highest BCUT2D eigenvalue weighted by Gasteiger charge is 2.31. The van der Waals surface area contributed by atoms with Crippen molar-refractivity contribution in [1.82, 2.24) is 4.72 Å². The lowest BCUT2D eigenvalue weighted by Gasteiger charge is -2.22. The van der Waals surface area contributed by atoms with Gasteiger partial charge in [0.05, 0.1) is 4.90 Å². The van der Waals surface area contributed by atoms with Crippen LogP contribution in [0.4, 0.5) is 0 Å². The lowest BCUT2D eigenvalue weighted by Crippen LogP contribution is -2.46. The van der Waals surface area contributed by atoms with E-state index in [1.807, 2.05) is 51.1 Å². The number of nitrogens with one attached hydrogen (secondary N) is 1. The topological polar surface area (TPSA) is 103 Å². The first kappa shape index (κ1) is 27.3. The number of ether oxygens (including phenoxy) is 1. The summed E-state index contributed by atoms with van der Waals surface area (Å²) in [4.78, 5) is 26.0. The van der Waals surface area contributed by atoms with Crippen LogP contribution in [0.3, 0.4) is 0 Å². The van der Waals surface area contributed by atoms with Crippen LogP contribution < -0.4 is 15.1 Å². The van der Waals surface area contributed by atoms with Crippen molar-refractivity contribution in [1.29, 1.82) is 0 Å². The summed E-state index contributed by atoms with van der Waals surface area (Å²) < 4.78 is 39.6. The molecule has 0 saturated carbocycles. The second-order valence-corrected chi connectivity index (χ2v) is 11.2. The van der Waals surface area contributed by atoms with Gasteiger partial charge in [-0.05, 0) is 55.2 Å². The number of sulfonamides is 1. The van der Waals surface area contributed by atoms with Crippen LogP contribution in [0.15, 0.2) is 86.9 Å². The summed E-state index contributed by atoms with van der Waals surface area (Å²) >= 11 is 0. The van der Waals surface area contributed by atoms with E-state index in [1.165, 1.54) is 18.2 Å². The second-order valence-electron chi connectivity index (χ2n) is 9.53. The first-order valence-corrected chi connectivity index (χ1v) is 14.0. The highest BCUT2D eigenvalue weighted by Crippen LogP contribution is 2.26. The van der Waals surface area contributed by atoms with Gasteiger partial charge < -0.3 is 9.15 Å². The molecule has 38 heavy (non-hydrogen) atoms. The monoisotopic (exact) mass is 533 g/mol. The molecule has 0 radical (unpaired) electrons. The van der Waals surface area contributed by atoms with Crippen molar-refractivity contribution < 1.29 is 22.4 Å². The summed E-state index contributed by atoms with van der Waals surface area (Å²) in [7, 11) is -3.96. The highest BCUT2D eigenvalue weighted by molar-refractivity contribution is 7.89. The first-order chi connectivity index (χ1) is 18.1. The minimum absolute atomic E-state index is 0.0680. The average molecular weight is 534 g/mol. The van der Waals surface area contributed by atoms with Gasteiger partial charge in [-0.1, -0.05) is 68.3 Å². The van der Waals surface area contributed by atoms with Gasteiger partial charge in [-0.3, -0.25) is 0 Å². The number of rotatable bonds is 9. The zero-order valence-corrected chi connectivity index (χ0v) is 22.7. The molecule has 8 heteroatoms. The molecule has 2 atom stereocenters. The largest absolute Gasteiger partial charge is 0.425 e. The Labute approximate surface area is 222 Å². The number of aryl methyl sites for hydroxylation is 2. The molecule has 3 aromatic carbocycles. The molecule has 198 valence electrons. The number of carbonyl (C=O) groups excluding carboxylic acids is 1. The summed E-state index contributed by atoms with van der Waals surface area (Å²) in [6.07, 6.45) is 0.992. The third-order valence-corrected chi connectivity index (χ3v) is 8.24. The molecule has 0 aliphatic carbocycles. The maximum atomic E-state index is 13.2. The molecule has 0 spiro atoms. The minimum atomic E-state index is -3.96. The number of hydrogen-bond donors (Lipinski definition) is 1. The van der Waals surface area contributed by atoms with Crippen molar-refractivity contribution in [3.8, 4) is 5.75 Å². The van der Waals surface area contributed by atoms with Gasteiger partial charge >= 0.3 is 11.6 Å². The Morgan fingerprint density at radius 3 is 2.34 bits per heavy atom. The lowest BCUT2D eigenvalue weighted by atomic mass is 9.99. The maximum Gasteiger partial charge on any atom is 0.340 e. The van der Waals surface area contributed by atoms with E-state index >= 15 is 0 Å². The van der Waals surface area contributed by atoms with Gasteiger partial charge in [0, 0.05) is 23.4 Å². The molecule has 1 aromatic heterocycles. The Balaban J connectivity index is 1.59. The number of hydrogen-bond acceptors (Lipinski definition) is 6. The molecule has 0 saturated heterocycles. The Kier molecular flexibility index (Phi) is 8.14. The van der Waals surface area contributed by atoms with E-state index in [1.54, 1.807) is 31.2 Å². The molecule has 4 aromatic rings. The highest BCUT2D eigenvalue weighted by atomic mass is 32.2. The molecule has 0 amide bonds. The van der Waals surface area contributed by atoms with Gasteiger partial charge in [0.1, 0.15) is 17.4 Å². The molecule has 1 heterocycles. The van der Waals surface area contributed by atoms with Crippen LogP contribution in [0.5, 0.6) is 5.75 Å². The third kappa shape index (κ3) is 6.03. The Hall–Kier alpha value is -3.75. The summed E-state index contributed by atoms with van der Waals surface area (Å²) in [5.41, 5.74) is 3.11. The van der Waals surface area contributed by atoms with Crippen molar-refractivity contribution in [2.45, 2.75) is 51.5 Å². The normalized spacial score (nSPS) is 13.3. The van der Waals surface area contributed by atoms with E-state index in [4.69, 9.17) is 9.15 Å². The van der Waals surface area contributed by atoms with Crippen LogP contribution in [0, 0.1) is 19.8 Å². The Morgan fingerprint density at radius 2 is 1.68 bits per heavy atom. The summed E-state index contributed by atoms with van der Waals surface area (Å²) in [6.45, 7) is 7.37. The lowest BCUT2D eigenvalue weighted by molar-refractivity contribution is -0.137. The van der Waals surface area contributed by atoms with Crippen molar-refractivity contribution in [2.75, 3.05) is 0 Å². The van der Waals surface area contributed by atoms with Gasteiger partial charge in [0.25, 0.3) is 0 Å². The quantitative estimate of drug-likeness (QED) is 0.178. The molecule has 1 N–H and O–H groups in total. The van der Waals surface area contributed by atoms with E-state index < -0.39 is 27.7 Å². The van der Waals surface area contributed by atoms with Crippen molar-refractivity contribution in [3.05, 3.63) is 105 Å². The molecule has 0 unspecified atom stereocenters. The smallest absolute Gasteiger partial charge is 0.340 e. The van der Waals surface area contributed by atoms with E-state index in [-0.39, 0.29) is 22.1 Å². The standard InChI is InChI=1S/C30H31NO6S/c1-5-20(3)28(31-38(34,35)24-14-11-19(2)12-15-24)30(33)36-23-13-16-25-21(4)26(29(32)37-27(25)18-23)17-22-9-7-6-8-10-22/h6-16,18,20,28,31H,5,17H2,1-4H3/t20-,28+/m0/s1. The van der Waals surface area contributed by atoms with Crippen LogP contribution in [0.2, 0.25) is 0 Å². The zero-order chi connectivity index (χ0) is 27.4. The number of carbonyl (C=O) groups is 1. The summed E-state index contributed by atoms with van der Waals surface area (Å²) in [5.74, 6) is -0.915. The molecular formula is C30H31NO6S. The minimum Gasteiger partial charge on any atom is -0.425 e. The molecule has 0 fully saturated rings. The van der Waals surface area contributed by atoms with Gasteiger partial charge in [-0.2, -0.15) is 4.72 Å². The maximum absolute atomic E-state index is 13.2. The zero-order valence-electron chi connectivity index (χ0n) is 21.9. The van der Waals surface area contributed by atoms with Gasteiger partial charge in [-0.25, -0.2) is 18.0 Å². The molecule has 7 nitrogen and oxygen atoms in total. The van der Waals surface area contributed by atoms with Gasteiger partial charge in [-0.15, -0.1) is 0 Å². The fraction of sp³-hybridized carbons (Fsp3) is 0.267. The third-order valence-electron chi connectivity index (χ3n) is 6.78. The average Bonchev–Trinajstić information content (AvgIpc) is 2.90. The van der Waals surface area contributed by atoms with Crippen LogP contribution in [-0.4, -0.2) is 20.4 Å². The van der Waals surface area contributed by atoms with Crippen LogP contribution in [0.25, 0.3) is 11.0 Å². The number of esters is 1. The predicted octanol–water partition coefficient (Wildman–Crippen LogP) is 5.30.